The molecule has 4 aliphatic heterocycles. The van der Waals surface area contributed by atoms with Gasteiger partial charge in [-0.25, -0.2) is 9.97 Å². The number of H-pyrrole nitrogens is 1. The van der Waals surface area contributed by atoms with Crippen LogP contribution < -0.4 is 10.2 Å². The molecule has 0 spiro atoms. The Labute approximate surface area is 193 Å². The quantitative estimate of drug-likeness (QED) is 0.601. The highest BCUT2D eigenvalue weighted by molar-refractivity contribution is 6.04. The van der Waals surface area contributed by atoms with Gasteiger partial charge >= 0.3 is 0 Å². The fraction of sp³-hybridized carbons (Fsp3) is 0.400. The lowest BCUT2D eigenvalue weighted by Crippen LogP contribution is -2.53. The van der Waals surface area contributed by atoms with E-state index in [1.807, 2.05) is 0 Å². The number of nitrogens with zero attached hydrogens (tertiary/aromatic N) is 5. The fourth-order valence-corrected chi connectivity index (χ4v) is 4.92. The molecule has 8 heteroatoms. The van der Waals surface area contributed by atoms with Gasteiger partial charge in [0.05, 0.1) is 11.6 Å². The lowest BCUT2D eigenvalue weighted by molar-refractivity contribution is 0.0899. The second kappa shape index (κ2) is 8.09. The summed E-state index contributed by atoms with van der Waals surface area (Å²) in [7, 11) is 2.16. The normalized spacial score (nSPS) is 22.3. The van der Waals surface area contributed by atoms with E-state index in [4.69, 9.17) is 4.98 Å². The molecule has 3 aromatic rings. The number of aromatic amines is 1. The molecule has 0 radical (unpaired) electrons. The third-order valence-corrected chi connectivity index (χ3v) is 6.98. The molecule has 0 saturated carbocycles. The highest BCUT2D eigenvalue weighted by atomic mass is 16.1. The van der Waals surface area contributed by atoms with Crippen molar-refractivity contribution < 1.29 is 4.79 Å². The molecule has 2 aromatic heterocycles. The maximum Gasteiger partial charge on any atom is 0.253 e. The number of pyridine rings is 1. The average molecular weight is 442 g/mol. The Morgan fingerprint density at radius 3 is 2.64 bits per heavy atom. The second-order valence-electron chi connectivity index (χ2n) is 9.16. The Hall–Kier alpha value is -3.57. The van der Waals surface area contributed by atoms with Gasteiger partial charge < -0.3 is 25.0 Å². The molecule has 0 aliphatic carbocycles. The van der Waals surface area contributed by atoms with Crippen LogP contribution in [0.25, 0.3) is 22.6 Å². The van der Waals surface area contributed by atoms with E-state index in [0.29, 0.717) is 16.7 Å². The average Bonchev–Trinajstić information content (AvgIpc) is 3.30. The van der Waals surface area contributed by atoms with Gasteiger partial charge in [0.15, 0.2) is 5.65 Å². The first-order valence-corrected chi connectivity index (χ1v) is 11.6. The van der Waals surface area contributed by atoms with Gasteiger partial charge in [-0.15, -0.1) is 0 Å². The summed E-state index contributed by atoms with van der Waals surface area (Å²) in [6.45, 7) is 5.99. The maximum absolute atomic E-state index is 13.1. The van der Waals surface area contributed by atoms with E-state index in [1.54, 1.807) is 12.3 Å². The lowest BCUT2D eigenvalue weighted by atomic mass is 9.89. The topological polar surface area (TPSA) is 80.4 Å². The van der Waals surface area contributed by atoms with Crippen molar-refractivity contribution in [2.45, 2.75) is 12.5 Å². The van der Waals surface area contributed by atoms with Gasteiger partial charge in [-0.1, -0.05) is 5.92 Å². The smallest absolute Gasteiger partial charge is 0.253 e. The summed E-state index contributed by atoms with van der Waals surface area (Å²) >= 11 is 0. The van der Waals surface area contributed by atoms with Crippen molar-refractivity contribution >= 4 is 22.8 Å². The highest BCUT2D eigenvalue weighted by Crippen LogP contribution is 2.26. The van der Waals surface area contributed by atoms with E-state index in [9.17, 15) is 4.79 Å². The SMILES string of the molecule is CN1CCN(c2ccc(-c3nc4c(C(=O)NC5CN6C#CC5CC6)ccnc4[nH]3)cc2)CC1. The predicted octanol–water partition coefficient (Wildman–Crippen LogP) is 1.77. The van der Waals surface area contributed by atoms with Crippen molar-refractivity contribution in [1.29, 1.82) is 0 Å². The Bertz CT molecular complexity index is 1250. The number of nitrogens with one attached hydrogen (secondary N) is 2. The third kappa shape index (κ3) is 3.79. The molecule has 7 rings (SSSR count). The minimum absolute atomic E-state index is 0.0521. The van der Waals surface area contributed by atoms with Crippen LogP contribution >= 0.6 is 0 Å². The van der Waals surface area contributed by atoms with Gasteiger partial charge in [-0.2, -0.15) is 0 Å². The number of amides is 1. The minimum atomic E-state index is -0.119. The number of hydrogen-bond acceptors (Lipinski definition) is 6. The summed E-state index contributed by atoms with van der Waals surface area (Å²) in [4.78, 5) is 32.4. The molecule has 168 valence electrons. The van der Waals surface area contributed by atoms with Gasteiger partial charge in [-0.05, 0) is 43.8 Å². The molecule has 2 N–H and O–H groups in total. The maximum atomic E-state index is 13.1. The number of likely N-dealkylation sites (N-methyl/N-ethyl adjacent to an activating group) is 1. The molecule has 2 fully saturated rings. The van der Waals surface area contributed by atoms with Crippen molar-refractivity contribution in [1.82, 2.24) is 30.1 Å². The number of hydrogen-bond donors (Lipinski definition) is 2. The molecule has 8 nitrogen and oxygen atoms in total. The highest BCUT2D eigenvalue weighted by Gasteiger charge is 2.32. The molecule has 2 saturated heterocycles. The van der Waals surface area contributed by atoms with E-state index in [0.717, 1.165) is 57.1 Å². The molecule has 33 heavy (non-hydrogen) atoms. The van der Waals surface area contributed by atoms with Gasteiger partial charge in [0, 0.05) is 68.7 Å². The van der Waals surface area contributed by atoms with Gasteiger partial charge in [0.2, 0.25) is 0 Å². The third-order valence-electron chi connectivity index (χ3n) is 6.98. The number of benzene rings is 1. The van der Waals surface area contributed by atoms with Crippen molar-refractivity contribution in [2.75, 3.05) is 51.2 Å². The Morgan fingerprint density at radius 1 is 1.12 bits per heavy atom. The molecular formula is C25H27N7O. The summed E-state index contributed by atoms with van der Waals surface area (Å²) in [5, 5.41) is 3.18. The lowest BCUT2D eigenvalue weighted by Gasteiger charge is -2.38. The van der Waals surface area contributed by atoms with Crippen LogP contribution in [0, 0.1) is 17.9 Å². The summed E-state index contributed by atoms with van der Waals surface area (Å²) in [5.74, 6) is 4.07. The Kier molecular flexibility index (Phi) is 4.92. The van der Waals surface area contributed by atoms with E-state index in [2.05, 4.69) is 73.3 Å². The van der Waals surface area contributed by atoms with E-state index >= 15 is 0 Å². The molecule has 4 aliphatic rings. The van der Waals surface area contributed by atoms with Crippen LogP contribution in [0.4, 0.5) is 5.69 Å². The molecule has 1 amide bonds. The monoisotopic (exact) mass is 441 g/mol. The van der Waals surface area contributed by atoms with Crippen molar-refractivity contribution in [3.8, 4) is 23.4 Å². The zero-order chi connectivity index (χ0) is 22.4. The number of rotatable bonds is 4. The van der Waals surface area contributed by atoms with E-state index in [1.165, 1.54) is 5.69 Å². The fourth-order valence-electron chi connectivity index (χ4n) is 4.92. The van der Waals surface area contributed by atoms with Crippen molar-refractivity contribution in [3.63, 3.8) is 0 Å². The number of carbonyl (C=O) groups excluding carboxylic acids is 1. The number of imidazole rings is 1. The summed E-state index contributed by atoms with van der Waals surface area (Å²) in [6, 6.07) is 13.4. The van der Waals surface area contributed by atoms with Gasteiger partial charge in [0.25, 0.3) is 5.91 Å². The number of piperazine rings is 1. The van der Waals surface area contributed by atoms with E-state index in [-0.39, 0.29) is 17.9 Å². The summed E-state index contributed by atoms with van der Waals surface area (Å²) in [5.41, 5.74) is 3.96. The van der Waals surface area contributed by atoms with Crippen LogP contribution in [0.15, 0.2) is 36.5 Å². The minimum Gasteiger partial charge on any atom is -0.369 e. The Balaban J connectivity index is 1.23. The molecule has 2 atom stereocenters. The van der Waals surface area contributed by atoms with Crippen LogP contribution in [-0.4, -0.2) is 83.0 Å². The first-order chi connectivity index (χ1) is 16.1. The zero-order valence-corrected chi connectivity index (χ0v) is 18.7. The molecule has 2 unspecified atom stereocenters. The van der Waals surface area contributed by atoms with Crippen LogP contribution in [0.1, 0.15) is 16.8 Å². The molecule has 6 heterocycles. The number of anilines is 1. The summed E-state index contributed by atoms with van der Waals surface area (Å²) < 4.78 is 0. The molecule has 2 bridgehead atoms. The van der Waals surface area contributed by atoms with Gasteiger partial charge in [-0.3, -0.25) is 4.79 Å². The largest absolute Gasteiger partial charge is 0.369 e. The first-order valence-electron chi connectivity index (χ1n) is 11.6. The predicted molar refractivity (Wildman–Crippen MR) is 128 cm³/mol. The number of carbonyl (C=O) groups is 1. The second-order valence-corrected chi connectivity index (χ2v) is 9.16. The van der Waals surface area contributed by atoms with Crippen molar-refractivity contribution in [2.24, 2.45) is 5.92 Å². The summed E-state index contributed by atoms with van der Waals surface area (Å²) in [6.07, 6.45) is 2.66. The van der Waals surface area contributed by atoms with Gasteiger partial charge in [0.1, 0.15) is 11.3 Å². The molecule has 1 aromatic carbocycles. The number of aromatic nitrogens is 3. The first kappa shape index (κ1) is 20.1. The van der Waals surface area contributed by atoms with Crippen LogP contribution in [0.2, 0.25) is 0 Å². The molecular weight excluding hydrogens is 414 g/mol. The Morgan fingerprint density at radius 2 is 1.94 bits per heavy atom. The van der Waals surface area contributed by atoms with Crippen LogP contribution in [0.5, 0.6) is 0 Å². The van der Waals surface area contributed by atoms with Crippen molar-refractivity contribution in [3.05, 3.63) is 42.1 Å². The zero-order valence-electron chi connectivity index (χ0n) is 18.7. The number of piperidine rings is 1. The number of fused-ring (bicyclic) bond motifs is 3. The van der Waals surface area contributed by atoms with Crippen LogP contribution in [-0.2, 0) is 0 Å². The standard InChI is InChI=1S/C25H27N7O/c1-30-12-14-32(15-13-30)19-4-2-18(3-5-19)23-28-22-20(6-9-26-24(22)29-23)25(33)27-21-16-31-10-7-17(21)8-11-31/h2-6,9,17,21H,7,10,12-16H2,1H3,(H,27,33)(H,26,28,29). The van der Waals surface area contributed by atoms with Crippen LogP contribution in [0.3, 0.4) is 0 Å². The van der Waals surface area contributed by atoms with E-state index < -0.39 is 0 Å².